The normalized spacial score (nSPS) is 10.8. The van der Waals surface area contributed by atoms with E-state index in [4.69, 9.17) is 16.7 Å². The Balaban J connectivity index is 1.59. The molecule has 0 atom stereocenters. The molecule has 0 fully saturated rings. The van der Waals surface area contributed by atoms with Crippen LogP contribution in [-0.4, -0.2) is 48.7 Å². The van der Waals surface area contributed by atoms with Gasteiger partial charge in [-0.2, -0.15) is 5.10 Å². The van der Waals surface area contributed by atoms with Crippen molar-refractivity contribution in [3.8, 4) is 11.3 Å². The Bertz CT molecular complexity index is 954. The molecule has 0 unspecified atom stereocenters. The molecule has 2 aromatic heterocycles. The largest absolute Gasteiger partial charge is 0.481 e. The number of carbonyl (C=O) groups excluding carboxylic acids is 1. The fourth-order valence-corrected chi connectivity index (χ4v) is 2.90. The number of hydrogen-bond donors (Lipinski definition) is 3. The molecule has 2 heterocycles. The van der Waals surface area contributed by atoms with Gasteiger partial charge in [-0.05, 0) is 30.5 Å². The molecular weight excluding hydrogens is 384 g/mol. The van der Waals surface area contributed by atoms with E-state index in [-0.39, 0.29) is 12.3 Å². The molecule has 0 radical (unpaired) electrons. The first-order valence-electron chi connectivity index (χ1n) is 8.70. The standard InChI is InChI=1S/C18H19ClN6O3/c19-15-8-13(18(28)20-6-5-12-9-21-22-10-12)3-4-14(15)16-11-25(24-23-16)7-1-2-17(26)27/h3-4,8-11H,1-2,5-7H2,(H,20,28)(H,21,22)(H,26,27). The summed E-state index contributed by atoms with van der Waals surface area (Å²) in [6.07, 6.45) is 6.41. The van der Waals surface area contributed by atoms with Crippen LogP contribution in [0.1, 0.15) is 28.8 Å². The lowest BCUT2D eigenvalue weighted by molar-refractivity contribution is -0.137. The average molecular weight is 403 g/mol. The number of aromatic amines is 1. The number of aryl methyl sites for hydroxylation is 1. The number of carboxylic acids is 1. The first kappa shape index (κ1) is 19.6. The summed E-state index contributed by atoms with van der Waals surface area (Å²) in [7, 11) is 0. The van der Waals surface area contributed by atoms with E-state index in [1.807, 2.05) is 0 Å². The summed E-state index contributed by atoms with van der Waals surface area (Å²) in [5.41, 5.74) is 2.68. The monoisotopic (exact) mass is 402 g/mol. The molecule has 0 saturated carbocycles. The Morgan fingerprint density at radius 1 is 1.32 bits per heavy atom. The molecule has 0 aliphatic rings. The smallest absolute Gasteiger partial charge is 0.303 e. The number of amides is 1. The van der Waals surface area contributed by atoms with Crippen LogP contribution in [0.25, 0.3) is 11.3 Å². The van der Waals surface area contributed by atoms with Gasteiger partial charge in [-0.1, -0.05) is 22.9 Å². The Morgan fingerprint density at radius 2 is 2.18 bits per heavy atom. The third-order valence-electron chi connectivity index (χ3n) is 4.08. The van der Waals surface area contributed by atoms with Gasteiger partial charge in [-0.15, -0.1) is 5.10 Å². The Kier molecular flexibility index (Phi) is 6.38. The Morgan fingerprint density at radius 3 is 2.89 bits per heavy atom. The third-order valence-corrected chi connectivity index (χ3v) is 4.39. The summed E-state index contributed by atoms with van der Waals surface area (Å²) in [5, 5.41) is 26.6. The van der Waals surface area contributed by atoms with E-state index >= 15 is 0 Å². The maximum Gasteiger partial charge on any atom is 0.303 e. The first-order chi connectivity index (χ1) is 13.5. The number of hydrogen-bond acceptors (Lipinski definition) is 5. The number of carbonyl (C=O) groups is 2. The average Bonchev–Trinajstić information content (AvgIpc) is 3.33. The minimum Gasteiger partial charge on any atom is -0.481 e. The van der Waals surface area contributed by atoms with Gasteiger partial charge >= 0.3 is 5.97 Å². The molecule has 28 heavy (non-hydrogen) atoms. The molecule has 0 aliphatic carbocycles. The molecule has 1 amide bonds. The van der Waals surface area contributed by atoms with E-state index in [0.717, 1.165) is 5.56 Å². The summed E-state index contributed by atoms with van der Waals surface area (Å²) >= 11 is 6.33. The lowest BCUT2D eigenvalue weighted by atomic mass is 10.1. The fraction of sp³-hybridized carbons (Fsp3) is 0.278. The number of carboxylic acid groups (broad SMARTS) is 1. The number of benzene rings is 1. The molecule has 146 valence electrons. The number of H-pyrrole nitrogens is 1. The van der Waals surface area contributed by atoms with Crippen molar-refractivity contribution in [3.63, 3.8) is 0 Å². The van der Waals surface area contributed by atoms with Crippen LogP contribution >= 0.6 is 11.6 Å². The molecule has 3 rings (SSSR count). The third kappa shape index (κ3) is 5.17. The number of halogens is 1. The predicted octanol–water partition coefficient (Wildman–Crippen LogP) is 2.16. The highest BCUT2D eigenvalue weighted by atomic mass is 35.5. The van der Waals surface area contributed by atoms with Crippen molar-refractivity contribution in [2.45, 2.75) is 25.8 Å². The summed E-state index contributed by atoms with van der Waals surface area (Å²) in [6, 6.07) is 4.99. The van der Waals surface area contributed by atoms with Gasteiger partial charge < -0.3 is 10.4 Å². The van der Waals surface area contributed by atoms with Gasteiger partial charge in [0, 0.05) is 36.8 Å². The van der Waals surface area contributed by atoms with Crippen molar-refractivity contribution in [1.82, 2.24) is 30.5 Å². The Hall–Kier alpha value is -3.20. The molecule has 0 saturated heterocycles. The van der Waals surface area contributed by atoms with Crippen LogP contribution in [0.3, 0.4) is 0 Å². The van der Waals surface area contributed by atoms with Crippen molar-refractivity contribution >= 4 is 23.5 Å². The molecule has 9 nitrogen and oxygen atoms in total. The molecule has 0 aliphatic heterocycles. The zero-order valence-corrected chi connectivity index (χ0v) is 15.7. The SMILES string of the molecule is O=C(O)CCCn1cc(-c2ccc(C(=O)NCCc3cn[nH]c3)cc2Cl)nn1. The lowest BCUT2D eigenvalue weighted by Crippen LogP contribution is -2.25. The quantitative estimate of drug-likeness (QED) is 0.503. The minimum atomic E-state index is -0.845. The van der Waals surface area contributed by atoms with E-state index in [0.29, 0.717) is 47.8 Å². The van der Waals surface area contributed by atoms with Crippen molar-refractivity contribution in [3.05, 3.63) is 52.9 Å². The van der Waals surface area contributed by atoms with Gasteiger partial charge in [0.2, 0.25) is 0 Å². The van der Waals surface area contributed by atoms with Gasteiger partial charge in [-0.3, -0.25) is 19.4 Å². The number of nitrogens with zero attached hydrogens (tertiary/aromatic N) is 4. The number of nitrogens with one attached hydrogen (secondary N) is 2. The summed E-state index contributed by atoms with van der Waals surface area (Å²) in [6.45, 7) is 0.941. The highest BCUT2D eigenvalue weighted by Crippen LogP contribution is 2.27. The van der Waals surface area contributed by atoms with Crippen molar-refractivity contribution in [1.29, 1.82) is 0 Å². The minimum absolute atomic E-state index is 0.0698. The van der Waals surface area contributed by atoms with E-state index in [2.05, 4.69) is 25.8 Å². The van der Waals surface area contributed by atoms with Crippen LogP contribution in [0.2, 0.25) is 5.02 Å². The van der Waals surface area contributed by atoms with Gasteiger partial charge in [-0.25, -0.2) is 0 Å². The van der Waals surface area contributed by atoms with E-state index in [1.54, 1.807) is 41.5 Å². The van der Waals surface area contributed by atoms with Gasteiger partial charge in [0.25, 0.3) is 5.91 Å². The molecule has 10 heteroatoms. The molecule has 0 spiro atoms. The second-order valence-electron chi connectivity index (χ2n) is 6.17. The maximum atomic E-state index is 12.3. The first-order valence-corrected chi connectivity index (χ1v) is 9.08. The van der Waals surface area contributed by atoms with Crippen LogP contribution in [0, 0.1) is 0 Å². The number of aliphatic carboxylic acids is 1. The van der Waals surface area contributed by atoms with E-state index < -0.39 is 5.97 Å². The summed E-state index contributed by atoms with van der Waals surface area (Å²) < 4.78 is 1.57. The molecule has 3 N–H and O–H groups in total. The zero-order chi connectivity index (χ0) is 19.9. The second kappa shape index (κ2) is 9.14. The summed E-state index contributed by atoms with van der Waals surface area (Å²) in [5.74, 6) is -1.06. The lowest BCUT2D eigenvalue weighted by Gasteiger charge is -2.06. The number of aromatic nitrogens is 5. The van der Waals surface area contributed by atoms with Crippen LogP contribution < -0.4 is 5.32 Å². The van der Waals surface area contributed by atoms with E-state index in [9.17, 15) is 9.59 Å². The topological polar surface area (TPSA) is 126 Å². The zero-order valence-electron chi connectivity index (χ0n) is 14.9. The van der Waals surface area contributed by atoms with Gasteiger partial charge in [0.1, 0.15) is 5.69 Å². The van der Waals surface area contributed by atoms with Crippen LogP contribution in [0.5, 0.6) is 0 Å². The van der Waals surface area contributed by atoms with Crippen molar-refractivity contribution in [2.75, 3.05) is 6.54 Å². The predicted molar refractivity (Wildman–Crippen MR) is 102 cm³/mol. The van der Waals surface area contributed by atoms with Crippen LogP contribution in [-0.2, 0) is 17.8 Å². The Labute approximate surface area is 165 Å². The fourth-order valence-electron chi connectivity index (χ4n) is 2.62. The highest BCUT2D eigenvalue weighted by molar-refractivity contribution is 6.33. The number of rotatable bonds is 9. The molecule has 3 aromatic rings. The molecule has 0 bridgehead atoms. The molecule has 1 aromatic carbocycles. The van der Waals surface area contributed by atoms with Gasteiger partial charge in [0.15, 0.2) is 0 Å². The maximum absolute atomic E-state index is 12.3. The molecular formula is C18H19ClN6O3. The van der Waals surface area contributed by atoms with Gasteiger partial charge in [0.05, 0.1) is 17.4 Å². The second-order valence-corrected chi connectivity index (χ2v) is 6.58. The van der Waals surface area contributed by atoms with Crippen LogP contribution in [0.15, 0.2) is 36.8 Å². The van der Waals surface area contributed by atoms with Crippen molar-refractivity contribution in [2.24, 2.45) is 0 Å². The summed E-state index contributed by atoms with van der Waals surface area (Å²) in [4.78, 5) is 22.9. The highest BCUT2D eigenvalue weighted by Gasteiger charge is 2.12. The van der Waals surface area contributed by atoms with Crippen molar-refractivity contribution < 1.29 is 14.7 Å². The van der Waals surface area contributed by atoms with Crippen LogP contribution in [0.4, 0.5) is 0 Å². The van der Waals surface area contributed by atoms with E-state index in [1.165, 1.54) is 0 Å².